The van der Waals surface area contributed by atoms with Gasteiger partial charge in [0, 0.05) is 17.1 Å². The highest BCUT2D eigenvalue weighted by atomic mass is 32.1. The second kappa shape index (κ2) is 5.44. The number of halogens is 1. The number of amides is 1. The van der Waals surface area contributed by atoms with Crippen LogP contribution in [0.4, 0.5) is 10.1 Å². The van der Waals surface area contributed by atoms with Crippen LogP contribution in [-0.4, -0.2) is 15.7 Å². The molecule has 0 unspecified atom stereocenters. The Hall–Kier alpha value is -1.82. The maximum Gasteiger partial charge on any atom is 0.258 e. The molecule has 4 nitrogen and oxygen atoms in total. The van der Waals surface area contributed by atoms with Crippen LogP contribution >= 0.6 is 12.6 Å². The Morgan fingerprint density at radius 1 is 1.47 bits per heavy atom. The van der Waals surface area contributed by atoms with Gasteiger partial charge in [0.25, 0.3) is 5.91 Å². The van der Waals surface area contributed by atoms with Crippen molar-refractivity contribution in [3.8, 4) is 0 Å². The lowest BCUT2D eigenvalue weighted by Crippen LogP contribution is -2.13. The van der Waals surface area contributed by atoms with Gasteiger partial charge in [-0.05, 0) is 32.0 Å². The van der Waals surface area contributed by atoms with E-state index in [4.69, 9.17) is 0 Å². The van der Waals surface area contributed by atoms with E-state index in [-0.39, 0.29) is 11.6 Å². The summed E-state index contributed by atoms with van der Waals surface area (Å²) in [6.07, 6.45) is 3.23. The number of carbonyl (C=O) groups is 1. The van der Waals surface area contributed by atoms with Crippen LogP contribution in [0.1, 0.15) is 30.2 Å². The molecule has 0 radical (unpaired) electrons. The van der Waals surface area contributed by atoms with E-state index in [1.807, 2.05) is 13.8 Å². The number of benzene rings is 1. The van der Waals surface area contributed by atoms with E-state index in [1.165, 1.54) is 24.4 Å². The first kappa shape index (κ1) is 13.6. The molecule has 19 heavy (non-hydrogen) atoms. The molecule has 1 heterocycles. The Morgan fingerprint density at radius 3 is 2.84 bits per heavy atom. The summed E-state index contributed by atoms with van der Waals surface area (Å²) in [5.74, 6) is -1.09. The number of hydrogen-bond acceptors (Lipinski definition) is 3. The minimum atomic E-state index is -0.577. The van der Waals surface area contributed by atoms with Crippen LogP contribution in [-0.2, 0) is 0 Å². The molecule has 100 valence electrons. The average molecular weight is 279 g/mol. The van der Waals surface area contributed by atoms with Crippen molar-refractivity contribution in [1.82, 2.24) is 9.78 Å². The van der Waals surface area contributed by atoms with Gasteiger partial charge in [-0.2, -0.15) is 5.10 Å². The molecule has 0 saturated carbocycles. The smallest absolute Gasteiger partial charge is 0.258 e. The highest BCUT2D eigenvalue weighted by Crippen LogP contribution is 2.16. The SMILES string of the molecule is CC(C)n1cc(NC(=O)c2cc(S)ccc2F)cn1. The lowest BCUT2D eigenvalue weighted by molar-refractivity contribution is 0.102. The molecule has 1 N–H and O–H groups in total. The number of nitrogens with zero attached hydrogens (tertiary/aromatic N) is 2. The third kappa shape index (κ3) is 3.14. The normalized spacial score (nSPS) is 10.8. The summed E-state index contributed by atoms with van der Waals surface area (Å²) >= 11 is 4.09. The molecule has 6 heteroatoms. The number of carbonyl (C=O) groups excluding carboxylic acids is 1. The predicted octanol–water partition coefficient (Wildman–Crippen LogP) is 3.14. The van der Waals surface area contributed by atoms with Crippen molar-refractivity contribution >= 4 is 24.2 Å². The number of hydrogen-bond donors (Lipinski definition) is 2. The van der Waals surface area contributed by atoms with Gasteiger partial charge >= 0.3 is 0 Å². The van der Waals surface area contributed by atoms with Crippen LogP contribution in [0.5, 0.6) is 0 Å². The van der Waals surface area contributed by atoms with Crippen molar-refractivity contribution in [2.45, 2.75) is 24.8 Å². The summed E-state index contributed by atoms with van der Waals surface area (Å²) in [5, 5.41) is 6.70. The minimum absolute atomic E-state index is 0.0372. The van der Waals surface area contributed by atoms with Gasteiger partial charge in [0.1, 0.15) is 5.82 Å². The maximum atomic E-state index is 13.5. The number of nitrogens with one attached hydrogen (secondary N) is 1. The van der Waals surface area contributed by atoms with Gasteiger partial charge in [0.05, 0.1) is 17.4 Å². The highest BCUT2D eigenvalue weighted by molar-refractivity contribution is 7.80. The fraction of sp³-hybridized carbons (Fsp3) is 0.231. The lowest BCUT2D eigenvalue weighted by atomic mass is 10.2. The molecule has 0 spiro atoms. The van der Waals surface area contributed by atoms with Gasteiger partial charge in [0.2, 0.25) is 0 Å². The maximum absolute atomic E-state index is 13.5. The van der Waals surface area contributed by atoms with Crippen molar-refractivity contribution in [3.05, 3.63) is 42.0 Å². The van der Waals surface area contributed by atoms with E-state index in [2.05, 4.69) is 23.0 Å². The third-order valence-electron chi connectivity index (χ3n) is 2.58. The second-order valence-electron chi connectivity index (χ2n) is 4.42. The topological polar surface area (TPSA) is 46.9 Å². The van der Waals surface area contributed by atoms with Crippen molar-refractivity contribution in [1.29, 1.82) is 0 Å². The van der Waals surface area contributed by atoms with E-state index in [1.54, 1.807) is 10.9 Å². The Balaban J connectivity index is 2.18. The third-order valence-corrected chi connectivity index (χ3v) is 2.86. The first-order chi connectivity index (χ1) is 8.97. The fourth-order valence-corrected chi connectivity index (χ4v) is 1.77. The van der Waals surface area contributed by atoms with Gasteiger partial charge in [-0.15, -0.1) is 12.6 Å². The van der Waals surface area contributed by atoms with Gasteiger partial charge < -0.3 is 5.32 Å². The summed E-state index contributed by atoms with van der Waals surface area (Å²) in [5.41, 5.74) is 0.493. The summed E-state index contributed by atoms with van der Waals surface area (Å²) in [6, 6.07) is 4.30. The van der Waals surface area contributed by atoms with Crippen LogP contribution in [0.3, 0.4) is 0 Å². The minimum Gasteiger partial charge on any atom is -0.319 e. The molecule has 1 aromatic carbocycles. The molecule has 2 rings (SSSR count). The Bertz CT molecular complexity index is 610. The van der Waals surface area contributed by atoms with E-state index in [0.717, 1.165) is 0 Å². The van der Waals surface area contributed by atoms with Gasteiger partial charge in [-0.3, -0.25) is 9.48 Å². The monoisotopic (exact) mass is 279 g/mol. The Labute approximate surface area is 116 Å². The largest absolute Gasteiger partial charge is 0.319 e. The van der Waals surface area contributed by atoms with E-state index in [9.17, 15) is 9.18 Å². The summed E-state index contributed by atoms with van der Waals surface area (Å²) in [7, 11) is 0. The van der Waals surface area contributed by atoms with Crippen LogP contribution < -0.4 is 5.32 Å². The first-order valence-electron chi connectivity index (χ1n) is 5.81. The zero-order valence-corrected chi connectivity index (χ0v) is 11.5. The zero-order valence-electron chi connectivity index (χ0n) is 10.6. The first-order valence-corrected chi connectivity index (χ1v) is 6.26. The molecule has 0 atom stereocenters. The van der Waals surface area contributed by atoms with E-state index >= 15 is 0 Å². The number of rotatable bonds is 3. The molecule has 0 aliphatic heterocycles. The summed E-state index contributed by atoms with van der Waals surface area (Å²) < 4.78 is 15.2. The van der Waals surface area contributed by atoms with Gasteiger partial charge in [0.15, 0.2) is 0 Å². The quantitative estimate of drug-likeness (QED) is 0.848. The van der Waals surface area contributed by atoms with Crippen LogP contribution in [0.15, 0.2) is 35.5 Å². The zero-order chi connectivity index (χ0) is 14.0. The molecule has 1 amide bonds. The summed E-state index contributed by atoms with van der Waals surface area (Å²) in [6.45, 7) is 3.95. The molecule has 0 bridgehead atoms. The standard InChI is InChI=1S/C13H14FN3OS/c1-8(2)17-7-9(6-15-17)16-13(18)11-5-10(19)3-4-12(11)14/h3-8,19H,1-2H3,(H,16,18). The number of anilines is 1. The average Bonchev–Trinajstić information content (AvgIpc) is 2.80. The van der Waals surface area contributed by atoms with Crippen molar-refractivity contribution < 1.29 is 9.18 Å². The number of thiol groups is 1. The molecular weight excluding hydrogens is 265 g/mol. The predicted molar refractivity (Wildman–Crippen MR) is 74.2 cm³/mol. The second-order valence-corrected chi connectivity index (χ2v) is 4.94. The van der Waals surface area contributed by atoms with Crippen LogP contribution in [0.2, 0.25) is 0 Å². The highest BCUT2D eigenvalue weighted by Gasteiger charge is 2.13. The molecule has 0 aliphatic carbocycles. The molecule has 2 aromatic rings. The number of aromatic nitrogens is 2. The Morgan fingerprint density at radius 2 is 2.21 bits per heavy atom. The van der Waals surface area contributed by atoms with Crippen LogP contribution in [0.25, 0.3) is 0 Å². The molecule has 1 aromatic heterocycles. The van der Waals surface area contributed by atoms with Crippen molar-refractivity contribution in [2.75, 3.05) is 5.32 Å². The lowest BCUT2D eigenvalue weighted by Gasteiger charge is -2.05. The molecule has 0 fully saturated rings. The fourth-order valence-electron chi connectivity index (χ4n) is 1.57. The van der Waals surface area contributed by atoms with Gasteiger partial charge in [-0.25, -0.2) is 4.39 Å². The van der Waals surface area contributed by atoms with Crippen molar-refractivity contribution in [3.63, 3.8) is 0 Å². The molecule has 0 saturated heterocycles. The van der Waals surface area contributed by atoms with E-state index in [0.29, 0.717) is 10.6 Å². The Kier molecular flexibility index (Phi) is 3.90. The summed E-state index contributed by atoms with van der Waals surface area (Å²) in [4.78, 5) is 12.5. The molecular formula is C13H14FN3OS. The van der Waals surface area contributed by atoms with Crippen molar-refractivity contribution in [2.24, 2.45) is 0 Å². The molecule has 0 aliphatic rings. The van der Waals surface area contributed by atoms with Gasteiger partial charge in [-0.1, -0.05) is 0 Å². The van der Waals surface area contributed by atoms with E-state index < -0.39 is 11.7 Å². The van der Waals surface area contributed by atoms with Crippen LogP contribution in [0, 0.1) is 5.82 Å².